The molecule has 0 spiro atoms. The Morgan fingerprint density at radius 1 is 1.13 bits per heavy atom. The summed E-state index contributed by atoms with van der Waals surface area (Å²) in [6.45, 7) is 4.05. The Labute approximate surface area is 134 Å². The Balaban J connectivity index is 2.03. The van der Waals surface area contributed by atoms with Crippen LogP contribution in [-0.4, -0.2) is 28.3 Å². The van der Waals surface area contributed by atoms with Gasteiger partial charge in [0.1, 0.15) is 0 Å². The molecule has 1 heterocycles. The van der Waals surface area contributed by atoms with Crippen LogP contribution in [0.25, 0.3) is 0 Å². The van der Waals surface area contributed by atoms with Crippen molar-refractivity contribution >= 4 is 29.1 Å². The number of benzene rings is 1. The first-order chi connectivity index (χ1) is 11.1. The van der Waals surface area contributed by atoms with Gasteiger partial charge < -0.3 is 16.0 Å². The molecule has 0 bridgehead atoms. The van der Waals surface area contributed by atoms with E-state index in [0.717, 1.165) is 12.1 Å². The van der Waals surface area contributed by atoms with Crippen LogP contribution in [0.2, 0.25) is 0 Å². The predicted octanol–water partition coefficient (Wildman–Crippen LogP) is 2.32. The average molecular weight is 313 g/mol. The quantitative estimate of drug-likeness (QED) is 0.760. The van der Waals surface area contributed by atoms with Gasteiger partial charge >= 0.3 is 0 Å². The fraction of sp³-hybridized carbons (Fsp3) is 0.250. The molecule has 0 atom stereocenters. The van der Waals surface area contributed by atoms with Crippen LogP contribution in [0.5, 0.6) is 0 Å². The van der Waals surface area contributed by atoms with Crippen LogP contribution >= 0.6 is 0 Å². The van der Waals surface area contributed by atoms with Crippen molar-refractivity contribution in [3.8, 4) is 0 Å². The van der Waals surface area contributed by atoms with Gasteiger partial charge in [-0.05, 0) is 24.6 Å². The Bertz CT molecular complexity index is 685. The number of hydrogen-bond donors (Lipinski definition) is 3. The zero-order valence-electron chi connectivity index (χ0n) is 13.1. The molecule has 0 aliphatic rings. The van der Waals surface area contributed by atoms with E-state index in [4.69, 9.17) is 0 Å². The third-order valence-corrected chi connectivity index (χ3v) is 2.89. The number of aromatic nitrogens is 2. The minimum absolute atomic E-state index is 0.138. The maximum atomic E-state index is 11.8. The van der Waals surface area contributed by atoms with Gasteiger partial charge in [0.15, 0.2) is 0 Å². The predicted molar refractivity (Wildman–Crippen MR) is 88.7 cm³/mol. The lowest BCUT2D eigenvalue weighted by molar-refractivity contribution is -0.114. The molecule has 7 nitrogen and oxygen atoms in total. The summed E-state index contributed by atoms with van der Waals surface area (Å²) in [7, 11) is 0. The fourth-order valence-corrected chi connectivity index (χ4v) is 1.86. The third kappa shape index (κ3) is 5.06. The molecular formula is C16H19N5O2. The average Bonchev–Trinajstić information content (AvgIpc) is 2.53. The maximum absolute atomic E-state index is 11.8. The molecule has 7 heteroatoms. The number of carbonyl (C=O) groups is 2. The lowest BCUT2D eigenvalue weighted by atomic mass is 10.2. The molecular weight excluding hydrogens is 294 g/mol. The van der Waals surface area contributed by atoms with Crippen molar-refractivity contribution in [3.05, 3.63) is 42.2 Å². The minimum Gasteiger partial charge on any atom is -0.352 e. The number of hydrogen-bond acceptors (Lipinski definition) is 5. The molecule has 1 aromatic heterocycles. The van der Waals surface area contributed by atoms with E-state index < -0.39 is 0 Å². The highest BCUT2D eigenvalue weighted by atomic mass is 16.2. The molecule has 0 radical (unpaired) electrons. The summed E-state index contributed by atoms with van der Waals surface area (Å²) in [5, 5.41) is 8.49. The van der Waals surface area contributed by atoms with Crippen molar-refractivity contribution in [2.75, 3.05) is 17.2 Å². The van der Waals surface area contributed by atoms with Gasteiger partial charge in [0, 0.05) is 37.2 Å². The van der Waals surface area contributed by atoms with E-state index in [9.17, 15) is 9.59 Å². The maximum Gasteiger partial charge on any atom is 0.254 e. The second kappa shape index (κ2) is 7.88. The summed E-state index contributed by atoms with van der Waals surface area (Å²) in [6, 6.07) is 7.19. The van der Waals surface area contributed by atoms with Gasteiger partial charge in [0.25, 0.3) is 5.91 Å². The summed E-state index contributed by atoms with van der Waals surface area (Å²) in [5.74, 6) is 0.0453. The second-order valence-electron chi connectivity index (χ2n) is 4.94. The molecule has 0 aliphatic heterocycles. The van der Waals surface area contributed by atoms with E-state index in [2.05, 4.69) is 25.9 Å². The van der Waals surface area contributed by atoms with E-state index in [1.165, 1.54) is 19.3 Å². The van der Waals surface area contributed by atoms with E-state index in [0.29, 0.717) is 23.7 Å². The summed E-state index contributed by atoms with van der Waals surface area (Å²) < 4.78 is 0. The molecule has 0 saturated carbocycles. The van der Waals surface area contributed by atoms with Crippen LogP contribution in [0.4, 0.5) is 17.3 Å². The fourth-order valence-electron chi connectivity index (χ4n) is 1.86. The monoisotopic (exact) mass is 313 g/mol. The second-order valence-corrected chi connectivity index (χ2v) is 4.94. The summed E-state index contributed by atoms with van der Waals surface area (Å²) in [4.78, 5) is 31.1. The number of anilines is 3. The van der Waals surface area contributed by atoms with Crippen molar-refractivity contribution in [1.29, 1.82) is 0 Å². The van der Waals surface area contributed by atoms with Crippen LogP contribution < -0.4 is 16.0 Å². The lowest BCUT2D eigenvalue weighted by Gasteiger charge is -2.08. The van der Waals surface area contributed by atoms with Gasteiger partial charge in [-0.2, -0.15) is 0 Å². The topological polar surface area (TPSA) is 96.0 Å². The first-order valence-corrected chi connectivity index (χ1v) is 7.33. The molecule has 1 aromatic carbocycles. The Morgan fingerprint density at radius 2 is 1.83 bits per heavy atom. The smallest absolute Gasteiger partial charge is 0.254 e. The van der Waals surface area contributed by atoms with Crippen molar-refractivity contribution < 1.29 is 9.59 Å². The highest BCUT2D eigenvalue weighted by Crippen LogP contribution is 2.17. The van der Waals surface area contributed by atoms with Crippen molar-refractivity contribution in [2.24, 2.45) is 0 Å². The number of carbonyl (C=O) groups excluding carboxylic acids is 2. The molecule has 2 amide bonds. The summed E-state index contributed by atoms with van der Waals surface area (Å²) in [6.07, 6.45) is 3.81. The van der Waals surface area contributed by atoms with Gasteiger partial charge in [-0.15, -0.1) is 0 Å². The molecule has 23 heavy (non-hydrogen) atoms. The summed E-state index contributed by atoms with van der Waals surface area (Å²) in [5.41, 5.74) is 1.83. The Kier molecular flexibility index (Phi) is 5.62. The normalized spacial score (nSPS) is 10.0. The van der Waals surface area contributed by atoms with Gasteiger partial charge in [-0.3, -0.25) is 9.59 Å². The van der Waals surface area contributed by atoms with Crippen LogP contribution in [0.3, 0.4) is 0 Å². The lowest BCUT2D eigenvalue weighted by Crippen LogP contribution is -2.24. The number of nitrogens with one attached hydrogen (secondary N) is 3. The molecule has 2 aromatic rings. The first kappa shape index (κ1) is 16.4. The van der Waals surface area contributed by atoms with Crippen molar-refractivity contribution in [1.82, 2.24) is 15.3 Å². The highest BCUT2D eigenvalue weighted by Gasteiger charge is 2.06. The van der Waals surface area contributed by atoms with E-state index >= 15 is 0 Å². The van der Waals surface area contributed by atoms with Crippen LogP contribution in [0.1, 0.15) is 30.6 Å². The van der Waals surface area contributed by atoms with E-state index in [1.54, 1.807) is 18.2 Å². The molecule has 3 N–H and O–H groups in total. The first-order valence-electron chi connectivity index (χ1n) is 7.33. The molecule has 2 rings (SSSR count). The number of rotatable bonds is 6. The molecule has 0 unspecified atom stereocenters. The Hall–Kier alpha value is -2.96. The third-order valence-electron chi connectivity index (χ3n) is 2.89. The number of amides is 2. The van der Waals surface area contributed by atoms with E-state index in [1.807, 2.05) is 13.0 Å². The van der Waals surface area contributed by atoms with Crippen molar-refractivity contribution in [3.63, 3.8) is 0 Å². The number of nitrogens with zero attached hydrogens (tertiary/aromatic N) is 2. The largest absolute Gasteiger partial charge is 0.352 e. The van der Waals surface area contributed by atoms with E-state index in [-0.39, 0.29) is 11.8 Å². The van der Waals surface area contributed by atoms with Gasteiger partial charge in [-0.1, -0.05) is 13.0 Å². The molecule has 0 saturated heterocycles. The van der Waals surface area contributed by atoms with Crippen LogP contribution in [-0.2, 0) is 4.79 Å². The van der Waals surface area contributed by atoms with Gasteiger partial charge in [0.05, 0.1) is 5.56 Å². The molecule has 120 valence electrons. The molecule has 0 fully saturated rings. The minimum atomic E-state index is -0.189. The van der Waals surface area contributed by atoms with Crippen LogP contribution in [0.15, 0.2) is 36.7 Å². The van der Waals surface area contributed by atoms with Crippen LogP contribution in [0, 0.1) is 0 Å². The van der Waals surface area contributed by atoms with Crippen molar-refractivity contribution in [2.45, 2.75) is 20.3 Å². The zero-order valence-corrected chi connectivity index (χ0v) is 13.1. The highest BCUT2D eigenvalue weighted by molar-refractivity contribution is 5.93. The summed E-state index contributed by atoms with van der Waals surface area (Å²) >= 11 is 0. The van der Waals surface area contributed by atoms with Gasteiger partial charge in [-0.25, -0.2) is 9.97 Å². The zero-order chi connectivity index (χ0) is 16.7. The van der Waals surface area contributed by atoms with Gasteiger partial charge in [0.2, 0.25) is 11.9 Å². The molecule has 0 aliphatic carbocycles. The SMILES string of the molecule is CCCNC(=O)c1cnc(Nc2cccc(NC(C)=O)c2)nc1. The standard InChI is InChI=1S/C16H19N5O2/c1-3-7-17-15(23)12-9-18-16(19-10-12)21-14-6-4-5-13(8-14)20-11(2)22/h4-6,8-10H,3,7H2,1-2H3,(H,17,23)(H,20,22)(H,18,19,21). The Morgan fingerprint density at radius 3 is 2.48 bits per heavy atom.